The Morgan fingerprint density at radius 3 is 2.72 bits per heavy atom. The maximum absolute atomic E-state index is 12.2. The van der Waals surface area contributed by atoms with Crippen molar-refractivity contribution in [1.29, 1.82) is 0 Å². The summed E-state index contributed by atoms with van der Waals surface area (Å²) in [5.74, 6) is 0.954. The summed E-state index contributed by atoms with van der Waals surface area (Å²) < 4.78 is 0. The summed E-state index contributed by atoms with van der Waals surface area (Å²) in [5.41, 5.74) is 5.92. The summed E-state index contributed by atoms with van der Waals surface area (Å²) in [4.78, 5) is 16.4. The molecule has 0 aliphatic heterocycles. The van der Waals surface area contributed by atoms with E-state index in [1.807, 2.05) is 20.2 Å². The molecule has 1 aromatic rings. The smallest absolute Gasteiger partial charge is 0.239 e. The molecule has 0 saturated heterocycles. The van der Waals surface area contributed by atoms with Crippen molar-refractivity contribution < 1.29 is 4.79 Å². The molecule has 2 atom stereocenters. The van der Waals surface area contributed by atoms with E-state index in [9.17, 15) is 4.79 Å². The van der Waals surface area contributed by atoms with Crippen molar-refractivity contribution in [3.8, 4) is 0 Å². The van der Waals surface area contributed by atoms with E-state index >= 15 is 0 Å². The lowest BCUT2D eigenvalue weighted by atomic mass is 10.1. The Morgan fingerprint density at radius 1 is 1.56 bits per heavy atom. The molecular formula is C13H22N2OS2. The number of thioether (sulfide) groups is 1. The Bertz CT molecular complexity index is 392. The minimum atomic E-state index is -0.383. The molecule has 3 nitrogen and oxygen atoms in total. The van der Waals surface area contributed by atoms with Crippen molar-refractivity contribution in [3.05, 3.63) is 21.9 Å². The van der Waals surface area contributed by atoms with E-state index in [-0.39, 0.29) is 18.0 Å². The van der Waals surface area contributed by atoms with Crippen LogP contribution in [0.2, 0.25) is 0 Å². The molecule has 1 aromatic heterocycles. The molecule has 1 heterocycles. The van der Waals surface area contributed by atoms with Crippen molar-refractivity contribution in [2.45, 2.75) is 32.4 Å². The first kappa shape index (κ1) is 15.5. The number of amides is 1. The fourth-order valence-electron chi connectivity index (χ4n) is 1.69. The molecule has 102 valence electrons. The summed E-state index contributed by atoms with van der Waals surface area (Å²) in [7, 11) is 1.83. The maximum Gasteiger partial charge on any atom is 0.239 e. The van der Waals surface area contributed by atoms with Crippen LogP contribution in [-0.4, -0.2) is 35.9 Å². The lowest BCUT2D eigenvalue weighted by molar-refractivity contribution is -0.133. The SMILES string of the molecule is CSCC[C@H](N)C(=O)N(C)C(C)c1ccc(C)s1. The van der Waals surface area contributed by atoms with Crippen molar-refractivity contribution in [3.63, 3.8) is 0 Å². The first-order chi connectivity index (χ1) is 8.47. The number of hydrogen-bond acceptors (Lipinski definition) is 4. The van der Waals surface area contributed by atoms with E-state index in [0.717, 1.165) is 12.2 Å². The molecule has 1 amide bonds. The largest absolute Gasteiger partial charge is 0.337 e. The van der Waals surface area contributed by atoms with Gasteiger partial charge in [0, 0.05) is 16.8 Å². The Hall–Kier alpha value is -0.520. The Morgan fingerprint density at radius 2 is 2.22 bits per heavy atom. The van der Waals surface area contributed by atoms with Gasteiger partial charge in [-0.25, -0.2) is 0 Å². The monoisotopic (exact) mass is 286 g/mol. The minimum Gasteiger partial charge on any atom is -0.337 e. The standard InChI is InChI=1S/C13H22N2OS2/c1-9-5-6-12(18-9)10(2)15(3)13(16)11(14)7-8-17-4/h5-6,10-11H,7-8,14H2,1-4H3/t10?,11-/m0/s1. The van der Waals surface area contributed by atoms with Gasteiger partial charge >= 0.3 is 0 Å². The predicted octanol–water partition coefficient (Wildman–Crippen LogP) is 2.66. The van der Waals surface area contributed by atoms with Gasteiger partial charge in [-0.2, -0.15) is 11.8 Å². The van der Waals surface area contributed by atoms with Gasteiger partial charge in [-0.05, 0) is 44.4 Å². The van der Waals surface area contributed by atoms with Gasteiger partial charge in [0.2, 0.25) is 5.91 Å². The normalized spacial score (nSPS) is 14.3. The van der Waals surface area contributed by atoms with Crippen LogP contribution in [0.3, 0.4) is 0 Å². The summed E-state index contributed by atoms with van der Waals surface area (Å²) in [5, 5.41) is 0. The van der Waals surface area contributed by atoms with Crippen molar-refractivity contribution >= 4 is 29.0 Å². The zero-order valence-corrected chi connectivity index (χ0v) is 13.1. The zero-order valence-electron chi connectivity index (χ0n) is 11.5. The highest BCUT2D eigenvalue weighted by Crippen LogP contribution is 2.26. The van der Waals surface area contributed by atoms with Crippen LogP contribution < -0.4 is 5.73 Å². The molecule has 1 unspecified atom stereocenters. The number of carbonyl (C=O) groups excluding carboxylic acids is 1. The molecule has 0 fully saturated rings. The van der Waals surface area contributed by atoms with Crippen LogP contribution in [0.5, 0.6) is 0 Å². The number of carbonyl (C=O) groups is 1. The summed E-state index contributed by atoms with van der Waals surface area (Å²) in [6, 6.07) is 3.88. The molecule has 0 aliphatic carbocycles. The molecule has 0 bridgehead atoms. The number of rotatable bonds is 6. The van der Waals surface area contributed by atoms with Crippen molar-refractivity contribution in [2.24, 2.45) is 5.73 Å². The molecule has 0 saturated carbocycles. The minimum absolute atomic E-state index is 0.0302. The maximum atomic E-state index is 12.2. The van der Waals surface area contributed by atoms with Gasteiger partial charge < -0.3 is 10.6 Å². The predicted molar refractivity (Wildman–Crippen MR) is 81.2 cm³/mol. The van der Waals surface area contributed by atoms with Crippen LogP contribution in [0.15, 0.2) is 12.1 Å². The van der Waals surface area contributed by atoms with Crippen molar-refractivity contribution in [2.75, 3.05) is 19.1 Å². The first-order valence-electron chi connectivity index (χ1n) is 6.05. The van der Waals surface area contributed by atoms with E-state index < -0.39 is 0 Å². The molecule has 18 heavy (non-hydrogen) atoms. The number of thiophene rings is 1. The van der Waals surface area contributed by atoms with E-state index in [4.69, 9.17) is 5.73 Å². The van der Waals surface area contributed by atoms with Gasteiger partial charge in [-0.1, -0.05) is 0 Å². The van der Waals surface area contributed by atoms with Crippen LogP contribution in [-0.2, 0) is 4.79 Å². The van der Waals surface area contributed by atoms with Crippen LogP contribution in [0.1, 0.15) is 29.1 Å². The van der Waals surface area contributed by atoms with Gasteiger partial charge in [-0.3, -0.25) is 4.79 Å². The third-order valence-electron chi connectivity index (χ3n) is 3.05. The fraction of sp³-hybridized carbons (Fsp3) is 0.615. The molecule has 5 heteroatoms. The Kier molecular flexibility index (Phi) is 6.18. The molecule has 1 rings (SSSR count). The second-order valence-corrected chi connectivity index (χ2v) is 6.77. The summed E-state index contributed by atoms with van der Waals surface area (Å²) >= 11 is 3.45. The summed E-state index contributed by atoms with van der Waals surface area (Å²) in [6.45, 7) is 4.12. The Balaban J connectivity index is 2.62. The van der Waals surface area contributed by atoms with Gasteiger partial charge in [-0.15, -0.1) is 11.3 Å². The van der Waals surface area contributed by atoms with Gasteiger partial charge in [0.15, 0.2) is 0 Å². The highest BCUT2D eigenvalue weighted by atomic mass is 32.2. The number of nitrogens with two attached hydrogens (primary N) is 1. The third-order valence-corrected chi connectivity index (χ3v) is 4.87. The van der Waals surface area contributed by atoms with Crippen molar-refractivity contribution in [1.82, 2.24) is 4.90 Å². The molecule has 0 aromatic carbocycles. The highest BCUT2D eigenvalue weighted by Gasteiger charge is 2.23. The average Bonchev–Trinajstić information content (AvgIpc) is 2.79. The number of hydrogen-bond donors (Lipinski definition) is 1. The second kappa shape index (κ2) is 7.16. The summed E-state index contributed by atoms with van der Waals surface area (Å²) in [6.07, 6.45) is 2.76. The van der Waals surface area contributed by atoms with Crippen LogP contribution in [0.4, 0.5) is 0 Å². The quantitative estimate of drug-likeness (QED) is 0.874. The third kappa shape index (κ3) is 4.00. The van der Waals surface area contributed by atoms with E-state index in [0.29, 0.717) is 0 Å². The van der Waals surface area contributed by atoms with E-state index in [1.165, 1.54) is 9.75 Å². The van der Waals surface area contributed by atoms with Gasteiger partial charge in [0.25, 0.3) is 0 Å². The van der Waals surface area contributed by atoms with Gasteiger partial charge in [0.05, 0.1) is 12.1 Å². The zero-order chi connectivity index (χ0) is 13.7. The van der Waals surface area contributed by atoms with E-state index in [2.05, 4.69) is 19.1 Å². The molecule has 0 radical (unpaired) electrons. The molecule has 0 spiro atoms. The lowest BCUT2D eigenvalue weighted by Gasteiger charge is -2.26. The average molecular weight is 286 g/mol. The number of nitrogens with zero attached hydrogens (tertiary/aromatic N) is 1. The van der Waals surface area contributed by atoms with Crippen LogP contribution in [0, 0.1) is 6.92 Å². The first-order valence-corrected chi connectivity index (χ1v) is 8.26. The van der Waals surface area contributed by atoms with E-state index in [1.54, 1.807) is 28.0 Å². The number of aryl methyl sites for hydroxylation is 1. The number of likely N-dealkylation sites (N-methyl/N-ethyl adjacent to an activating group) is 1. The Labute approximate surface area is 118 Å². The van der Waals surface area contributed by atoms with Crippen LogP contribution >= 0.6 is 23.1 Å². The molecule has 2 N–H and O–H groups in total. The second-order valence-electron chi connectivity index (χ2n) is 4.46. The van der Waals surface area contributed by atoms with Crippen LogP contribution in [0.25, 0.3) is 0 Å². The van der Waals surface area contributed by atoms with Gasteiger partial charge in [0.1, 0.15) is 0 Å². The highest BCUT2D eigenvalue weighted by molar-refractivity contribution is 7.98. The lowest BCUT2D eigenvalue weighted by Crippen LogP contribution is -2.43. The fourth-order valence-corrected chi connectivity index (χ4v) is 3.15. The molecule has 0 aliphatic rings. The topological polar surface area (TPSA) is 46.3 Å². The molecular weight excluding hydrogens is 264 g/mol.